The monoisotopic (exact) mass is 223 g/mol. The Morgan fingerprint density at radius 1 is 1.00 bits per heavy atom. The number of fused-ring (bicyclic) bond motifs is 1. The number of hydrogen-bond acceptors (Lipinski definition) is 2. The molecule has 90 valence electrons. The number of urea groups is 1. The molecule has 3 N–H and O–H groups in total. The molecule has 0 aromatic carbocycles. The van der Waals surface area contributed by atoms with Crippen LogP contribution in [-0.4, -0.2) is 31.2 Å². The van der Waals surface area contributed by atoms with Crippen LogP contribution in [0.2, 0.25) is 0 Å². The van der Waals surface area contributed by atoms with Gasteiger partial charge in [-0.15, -0.1) is 0 Å². The molecule has 2 atom stereocenters. The van der Waals surface area contributed by atoms with Crippen LogP contribution in [0.1, 0.15) is 32.1 Å². The number of nitrogens with one attached hydrogen (secondary N) is 3. The molecule has 16 heavy (non-hydrogen) atoms. The van der Waals surface area contributed by atoms with Crippen molar-refractivity contribution in [3.8, 4) is 0 Å². The van der Waals surface area contributed by atoms with E-state index in [2.05, 4.69) is 16.0 Å². The average molecular weight is 223 g/mol. The first-order valence-electron chi connectivity index (χ1n) is 6.62. The standard InChI is InChI=1S/C12H21N3O/c16-12(14-8-4-2-1-3-5-8)15-11-9-6-13-7-10(9)11/h8-11,13H,1-7H2,(H2,14,15,16). The summed E-state index contributed by atoms with van der Waals surface area (Å²) in [5.74, 6) is 1.41. The maximum atomic E-state index is 11.8. The summed E-state index contributed by atoms with van der Waals surface area (Å²) >= 11 is 0. The Hall–Kier alpha value is -0.770. The largest absolute Gasteiger partial charge is 0.335 e. The number of carbonyl (C=O) groups is 1. The van der Waals surface area contributed by atoms with Gasteiger partial charge in [-0.05, 0) is 24.7 Å². The van der Waals surface area contributed by atoms with Crippen LogP contribution >= 0.6 is 0 Å². The van der Waals surface area contributed by atoms with Gasteiger partial charge in [-0.1, -0.05) is 19.3 Å². The van der Waals surface area contributed by atoms with E-state index in [1.807, 2.05) is 0 Å². The van der Waals surface area contributed by atoms with Crippen LogP contribution in [-0.2, 0) is 0 Å². The Morgan fingerprint density at radius 3 is 2.38 bits per heavy atom. The minimum atomic E-state index is 0.0614. The third kappa shape index (κ3) is 2.03. The topological polar surface area (TPSA) is 53.2 Å². The van der Waals surface area contributed by atoms with Crippen molar-refractivity contribution in [1.82, 2.24) is 16.0 Å². The molecular weight excluding hydrogens is 202 g/mol. The summed E-state index contributed by atoms with van der Waals surface area (Å²) in [5.41, 5.74) is 0. The third-order valence-corrected chi connectivity index (χ3v) is 4.33. The summed E-state index contributed by atoms with van der Waals surface area (Å²) in [6.07, 6.45) is 6.18. The summed E-state index contributed by atoms with van der Waals surface area (Å²) < 4.78 is 0. The van der Waals surface area contributed by atoms with Gasteiger partial charge >= 0.3 is 6.03 Å². The van der Waals surface area contributed by atoms with Crippen LogP contribution in [0.3, 0.4) is 0 Å². The molecule has 3 fully saturated rings. The summed E-state index contributed by atoms with van der Waals surface area (Å²) in [7, 11) is 0. The fourth-order valence-corrected chi connectivity index (χ4v) is 3.26. The van der Waals surface area contributed by atoms with E-state index < -0.39 is 0 Å². The van der Waals surface area contributed by atoms with Crippen LogP contribution in [0.4, 0.5) is 4.79 Å². The zero-order valence-electron chi connectivity index (χ0n) is 9.67. The molecule has 2 aliphatic carbocycles. The van der Waals surface area contributed by atoms with Crippen LogP contribution in [0, 0.1) is 11.8 Å². The lowest BCUT2D eigenvalue weighted by Crippen LogP contribution is -2.45. The second kappa shape index (κ2) is 4.24. The highest BCUT2D eigenvalue weighted by molar-refractivity contribution is 5.75. The van der Waals surface area contributed by atoms with Gasteiger partial charge in [0.2, 0.25) is 0 Å². The van der Waals surface area contributed by atoms with Crippen LogP contribution < -0.4 is 16.0 Å². The lowest BCUT2D eigenvalue weighted by Gasteiger charge is -2.23. The number of carbonyl (C=O) groups excluding carboxylic acids is 1. The average Bonchev–Trinajstić information content (AvgIpc) is 2.76. The third-order valence-electron chi connectivity index (χ3n) is 4.33. The maximum Gasteiger partial charge on any atom is 0.315 e. The second-order valence-electron chi connectivity index (χ2n) is 5.46. The molecule has 3 rings (SSSR count). The molecule has 1 saturated heterocycles. The van der Waals surface area contributed by atoms with Gasteiger partial charge in [0.05, 0.1) is 0 Å². The number of amides is 2. The lowest BCUT2D eigenvalue weighted by atomic mass is 9.96. The minimum absolute atomic E-state index is 0.0614. The lowest BCUT2D eigenvalue weighted by molar-refractivity contribution is 0.231. The molecule has 0 aromatic rings. The number of piperidine rings is 1. The molecular formula is C12H21N3O. The van der Waals surface area contributed by atoms with Crippen LogP contribution in [0.5, 0.6) is 0 Å². The Labute approximate surface area is 96.5 Å². The summed E-state index contributed by atoms with van der Waals surface area (Å²) in [6.45, 7) is 2.16. The molecule has 2 unspecified atom stereocenters. The second-order valence-corrected chi connectivity index (χ2v) is 5.46. The van der Waals surface area contributed by atoms with E-state index in [0.717, 1.165) is 25.9 Å². The summed E-state index contributed by atoms with van der Waals surface area (Å²) in [5, 5.41) is 9.56. The van der Waals surface area contributed by atoms with Gasteiger partial charge in [-0.25, -0.2) is 4.79 Å². The van der Waals surface area contributed by atoms with Gasteiger partial charge < -0.3 is 16.0 Å². The first kappa shape index (κ1) is 10.4. The SMILES string of the molecule is O=C(NC1CCCCC1)NC1C2CNCC21. The highest BCUT2D eigenvalue weighted by Crippen LogP contribution is 2.41. The molecule has 1 aliphatic heterocycles. The Morgan fingerprint density at radius 2 is 1.69 bits per heavy atom. The van der Waals surface area contributed by atoms with E-state index in [1.54, 1.807) is 0 Å². The number of hydrogen-bond donors (Lipinski definition) is 3. The molecule has 4 nitrogen and oxygen atoms in total. The Kier molecular flexibility index (Phi) is 2.75. The molecule has 0 radical (unpaired) electrons. The van der Waals surface area contributed by atoms with Gasteiger partial charge in [0.25, 0.3) is 0 Å². The molecule has 4 heteroatoms. The van der Waals surface area contributed by atoms with Gasteiger partial charge in [-0.2, -0.15) is 0 Å². The van der Waals surface area contributed by atoms with E-state index in [9.17, 15) is 4.79 Å². The van der Waals surface area contributed by atoms with E-state index in [-0.39, 0.29) is 6.03 Å². The maximum absolute atomic E-state index is 11.8. The zero-order valence-corrected chi connectivity index (χ0v) is 9.67. The fourth-order valence-electron chi connectivity index (χ4n) is 3.26. The van der Waals surface area contributed by atoms with Crippen molar-refractivity contribution in [1.29, 1.82) is 0 Å². The highest BCUT2D eigenvalue weighted by atomic mass is 16.2. The predicted molar refractivity (Wildman–Crippen MR) is 62.2 cm³/mol. The summed E-state index contributed by atoms with van der Waals surface area (Å²) in [6, 6.07) is 0.932. The van der Waals surface area contributed by atoms with Gasteiger partial charge in [0.1, 0.15) is 0 Å². The van der Waals surface area contributed by atoms with Crippen molar-refractivity contribution in [2.24, 2.45) is 11.8 Å². The van der Waals surface area contributed by atoms with E-state index in [4.69, 9.17) is 0 Å². The molecule has 2 saturated carbocycles. The van der Waals surface area contributed by atoms with Crippen LogP contribution in [0.25, 0.3) is 0 Å². The van der Waals surface area contributed by atoms with Crippen LogP contribution in [0.15, 0.2) is 0 Å². The Bertz CT molecular complexity index is 259. The molecule has 3 aliphatic rings. The molecule has 0 spiro atoms. The number of rotatable bonds is 2. The minimum Gasteiger partial charge on any atom is -0.335 e. The van der Waals surface area contributed by atoms with E-state index in [1.165, 1.54) is 19.3 Å². The smallest absolute Gasteiger partial charge is 0.315 e. The molecule has 0 bridgehead atoms. The first-order valence-corrected chi connectivity index (χ1v) is 6.62. The van der Waals surface area contributed by atoms with Crippen molar-refractivity contribution >= 4 is 6.03 Å². The van der Waals surface area contributed by atoms with Gasteiger partial charge in [0.15, 0.2) is 0 Å². The molecule has 2 amide bonds. The Balaban J connectivity index is 1.40. The van der Waals surface area contributed by atoms with Crippen molar-refractivity contribution in [2.45, 2.75) is 44.2 Å². The van der Waals surface area contributed by atoms with Gasteiger partial charge in [0, 0.05) is 25.2 Å². The van der Waals surface area contributed by atoms with Crippen molar-refractivity contribution < 1.29 is 4.79 Å². The van der Waals surface area contributed by atoms with E-state index in [0.29, 0.717) is 23.9 Å². The van der Waals surface area contributed by atoms with Gasteiger partial charge in [-0.3, -0.25) is 0 Å². The summed E-state index contributed by atoms with van der Waals surface area (Å²) in [4.78, 5) is 11.8. The quantitative estimate of drug-likeness (QED) is 0.649. The fraction of sp³-hybridized carbons (Fsp3) is 0.917. The van der Waals surface area contributed by atoms with E-state index >= 15 is 0 Å². The highest BCUT2D eigenvalue weighted by Gasteiger charge is 2.53. The zero-order chi connectivity index (χ0) is 11.0. The van der Waals surface area contributed by atoms with Crippen molar-refractivity contribution in [3.05, 3.63) is 0 Å². The first-order chi connectivity index (χ1) is 7.84. The molecule has 0 aromatic heterocycles. The predicted octanol–water partition coefficient (Wildman–Crippen LogP) is 0.836. The molecule has 1 heterocycles. The van der Waals surface area contributed by atoms with Crippen molar-refractivity contribution in [3.63, 3.8) is 0 Å². The van der Waals surface area contributed by atoms with Crippen molar-refractivity contribution in [2.75, 3.05) is 13.1 Å². The normalized spacial score (nSPS) is 37.9.